The quantitative estimate of drug-likeness (QED) is 0.767. The molecule has 18 heavy (non-hydrogen) atoms. The summed E-state index contributed by atoms with van der Waals surface area (Å²) in [7, 11) is 0. The van der Waals surface area contributed by atoms with E-state index < -0.39 is 0 Å². The van der Waals surface area contributed by atoms with E-state index in [0.29, 0.717) is 12.6 Å². The first kappa shape index (κ1) is 12.6. The summed E-state index contributed by atoms with van der Waals surface area (Å²) < 4.78 is 3.65. The van der Waals surface area contributed by atoms with Gasteiger partial charge in [0, 0.05) is 31.2 Å². The highest BCUT2D eigenvalue weighted by molar-refractivity contribution is 5.38. The largest absolute Gasteiger partial charge is 0.394 e. The molecule has 0 amide bonds. The molecule has 0 aliphatic carbocycles. The summed E-state index contributed by atoms with van der Waals surface area (Å²) >= 11 is 0. The van der Waals surface area contributed by atoms with E-state index in [1.165, 1.54) is 0 Å². The molecule has 0 aliphatic heterocycles. The van der Waals surface area contributed by atoms with E-state index in [-0.39, 0.29) is 6.61 Å². The Balaban J connectivity index is 1.77. The number of aryl methyl sites for hydroxylation is 1. The Morgan fingerprint density at radius 3 is 2.94 bits per heavy atom. The van der Waals surface area contributed by atoms with Crippen LogP contribution in [-0.4, -0.2) is 37.3 Å². The van der Waals surface area contributed by atoms with Crippen LogP contribution in [0.3, 0.4) is 0 Å². The van der Waals surface area contributed by atoms with Crippen molar-refractivity contribution in [3.05, 3.63) is 30.9 Å². The van der Waals surface area contributed by atoms with Crippen molar-refractivity contribution in [1.29, 1.82) is 0 Å². The van der Waals surface area contributed by atoms with E-state index in [1.54, 1.807) is 17.1 Å². The maximum absolute atomic E-state index is 8.81. The van der Waals surface area contributed by atoms with E-state index in [9.17, 15) is 0 Å². The zero-order valence-corrected chi connectivity index (χ0v) is 10.5. The number of aromatic nitrogens is 4. The minimum atomic E-state index is 0.107. The number of nitrogens with one attached hydrogen (secondary N) is 1. The molecular weight excluding hydrogens is 230 g/mol. The first-order valence-corrected chi connectivity index (χ1v) is 6.15. The Kier molecular flexibility index (Phi) is 4.35. The van der Waals surface area contributed by atoms with Gasteiger partial charge >= 0.3 is 0 Å². The lowest BCUT2D eigenvalue weighted by atomic mass is 10.2. The van der Waals surface area contributed by atoms with E-state index in [1.807, 2.05) is 23.1 Å². The van der Waals surface area contributed by atoms with Gasteiger partial charge in [-0.25, -0.2) is 0 Å². The number of hydrogen-bond donors (Lipinski definition) is 2. The Hall–Kier alpha value is -1.82. The monoisotopic (exact) mass is 249 g/mol. The fraction of sp³-hybridized carbons (Fsp3) is 0.500. The van der Waals surface area contributed by atoms with Gasteiger partial charge in [-0.05, 0) is 19.4 Å². The molecule has 1 unspecified atom stereocenters. The maximum Gasteiger partial charge on any atom is 0.0728 e. The lowest BCUT2D eigenvalue weighted by molar-refractivity contribution is 0.269. The molecule has 6 nitrogen and oxygen atoms in total. The van der Waals surface area contributed by atoms with Crippen LogP contribution >= 0.6 is 0 Å². The van der Waals surface area contributed by atoms with Crippen molar-refractivity contribution in [2.24, 2.45) is 0 Å². The van der Waals surface area contributed by atoms with Crippen LogP contribution in [0.4, 0.5) is 5.69 Å². The van der Waals surface area contributed by atoms with Gasteiger partial charge in [-0.3, -0.25) is 9.36 Å². The molecule has 0 saturated heterocycles. The molecule has 0 fully saturated rings. The molecule has 2 N–H and O–H groups in total. The van der Waals surface area contributed by atoms with Crippen LogP contribution in [0.2, 0.25) is 0 Å². The van der Waals surface area contributed by atoms with Crippen molar-refractivity contribution in [2.45, 2.75) is 32.5 Å². The van der Waals surface area contributed by atoms with Crippen LogP contribution in [-0.2, 0) is 13.1 Å². The molecule has 98 valence electrons. The van der Waals surface area contributed by atoms with Crippen LogP contribution in [0, 0.1) is 0 Å². The average molecular weight is 249 g/mol. The normalized spacial score (nSPS) is 12.6. The Bertz CT molecular complexity index is 451. The van der Waals surface area contributed by atoms with Crippen LogP contribution in [0.25, 0.3) is 0 Å². The number of hydrogen-bond acceptors (Lipinski definition) is 4. The van der Waals surface area contributed by atoms with Crippen LogP contribution in [0.1, 0.15) is 13.3 Å². The molecule has 2 aromatic rings. The van der Waals surface area contributed by atoms with E-state index >= 15 is 0 Å². The molecule has 0 aliphatic rings. The molecule has 6 heteroatoms. The minimum absolute atomic E-state index is 0.107. The summed E-state index contributed by atoms with van der Waals surface area (Å²) in [5, 5.41) is 20.5. The fourth-order valence-electron chi connectivity index (χ4n) is 1.78. The smallest absolute Gasteiger partial charge is 0.0728 e. The number of rotatable bonds is 7. The van der Waals surface area contributed by atoms with Crippen molar-refractivity contribution in [3.63, 3.8) is 0 Å². The van der Waals surface area contributed by atoms with Gasteiger partial charge in [0.05, 0.1) is 25.0 Å². The fourth-order valence-corrected chi connectivity index (χ4v) is 1.78. The van der Waals surface area contributed by atoms with Crippen molar-refractivity contribution in [3.8, 4) is 0 Å². The van der Waals surface area contributed by atoms with Crippen molar-refractivity contribution in [2.75, 3.05) is 11.9 Å². The highest BCUT2D eigenvalue weighted by Crippen LogP contribution is 2.08. The van der Waals surface area contributed by atoms with Gasteiger partial charge in [-0.15, -0.1) is 0 Å². The number of anilines is 1. The second kappa shape index (κ2) is 6.20. The topological polar surface area (TPSA) is 67.9 Å². The van der Waals surface area contributed by atoms with Crippen molar-refractivity contribution in [1.82, 2.24) is 19.6 Å². The van der Waals surface area contributed by atoms with Crippen LogP contribution < -0.4 is 5.32 Å². The standard InChI is InChI=1S/C12H19N5O/c1-11(3-6-16-5-2-4-13-16)15-12-9-14-17(10-12)7-8-18/h2,4-5,9-11,15,18H,3,6-8H2,1H3. The summed E-state index contributed by atoms with van der Waals surface area (Å²) in [6, 6.07) is 2.28. The van der Waals surface area contributed by atoms with Gasteiger partial charge in [0.25, 0.3) is 0 Å². The third kappa shape index (κ3) is 3.59. The van der Waals surface area contributed by atoms with E-state index in [4.69, 9.17) is 5.11 Å². The van der Waals surface area contributed by atoms with Crippen LogP contribution in [0.15, 0.2) is 30.9 Å². The summed E-state index contributed by atoms with van der Waals surface area (Å²) in [6.45, 7) is 3.66. The van der Waals surface area contributed by atoms with Gasteiger partial charge in [0.15, 0.2) is 0 Å². The lowest BCUT2D eigenvalue weighted by Crippen LogP contribution is -2.17. The molecule has 0 bridgehead atoms. The lowest BCUT2D eigenvalue weighted by Gasteiger charge is -2.13. The Morgan fingerprint density at radius 1 is 1.33 bits per heavy atom. The molecule has 0 aromatic carbocycles. The highest BCUT2D eigenvalue weighted by Gasteiger charge is 2.04. The average Bonchev–Trinajstić information content (AvgIpc) is 2.99. The second-order valence-corrected chi connectivity index (χ2v) is 4.32. The summed E-state index contributed by atoms with van der Waals surface area (Å²) in [6.07, 6.45) is 8.43. The van der Waals surface area contributed by atoms with Gasteiger partial charge < -0.3 is 10.4 Å². The predicted octanol–water partition coefficient (Wildman–Crippen LogP) is 0.963. The first-order chi connectivity index (χ1) is 8.78. The Morgan fingerprint density at radius 2 is 2.22 bits per heavy atom. The number of aliphatic hydroxyl groups is 1. The zero-order chi connectivity index (χ0) is 12.8. The number of nitrogens with zero attached hydrogens (tertiary/aromatic N) is 4. The summed E-state index contributed by atoms with van der Waals surface area (Å²) in [5.41, 5.74) is 0.983. The zero-order valence-electron chi connectivity index (χ0n) is 10.5. The molecule has 1 atom stereocenters. The Labute approximate surface area is 106 Å². The molecule has 2 heterocycles. The third-order valence-corrected chi connectivity index (χ3v) is 2.73. The minimum Gasteiger partial charge on any atom is -0.394 e. The van der Waals surface area contributed by atoms with Gasteiger partial charge in [-0.1, -0.05) is 0 Å². The number of aliphatic hydroxyl groups excluding tert-OH is 1. The third-order valence-electron chi connectivity index (χ3n) is 2.73. The van der Waals surface area contributed by atoms with Gasteiger partial charge in [-0.2, -0.15) is 10.2 Å². The SMILES string of the molecule is CC(CCn1cccn1)Nc1cnn(CCO)c1. The van der Waals surface area contributed by atoms with Crippen molar-refractivity contribution >= 4 is 5.69 Å². The maximum atomic E-state index is 8.81. The molecule has 0 saturated carbocycles. The van der Waals surface area contributed by atoms with Gasteiger partial charge in [0.1, 0.15) is 0 Å². The first-order valence-electron chi connectivity index (χ1n) is 6.15. The molecule has 0 spiro atoms. The van der Waals surface area contributed by atoms with Crippen molar-refractivity contribution < 1.29 is 5.11 Å². The summed E-state index contributed by atoms with van der Waals surface area (Å²) in [4.78, 5) is 0. The second-order valence-electron chi connectivity index (χ2n) is 4.32. The summed E-state index contributed by atoms with van der Waals surface area (Å²) in [5.74, 6) is 0. The van der Waals surface area contributed by atoms with E-state index in [0.717, 1.165) is 18.7 Å². The highest BCUT2D eigenvalue weighted by atomic mass is 16.3. The molecular formula is C12H19N5O. The molecule has 2 aromatic heterocycles. The van der Waals surface area contributed by atoms with E-state index in [2.05, 4.69) is 22.4 Å². The molecule has 0 radical (unpaired) electrons. The molecule has 2 rings (SSSR count). The van der Waals surface area contributed by atoms with Gasteiger partial charge in [0.2, 0.25) is 0 Å². The predicted molar refractivity (Wildman–Crippen MR) is 69.2 cm³/mol. The van der Waals surface area contributed by atoms with Crippen LogP contribution in [0.5, 0.6) is 0 Å².